The molecule has 0 aliphatic carbocycles. The van der Waals surface area contributed by atoms with Crippen molar-refractivity contribution in [2.24, 2.45) is 5.41 Å². The number of carbonyl (C=O) groups is 1. The van der Waals surface area contributed by atoms with Gasteiger partial charge in [-0.1, -0.05) is 13.8 Å². The summed E-state index contributed by atoms with van der Waals surface area (Å²) in [5, 5.41) is 8.54. The minimum absolute atomic E-state index is 0.000702. The van der Waals surface area contributed by atoms with Crippen LogP contribution < -0.4 is 0 Å². The quantitative estimate of drug-likeness (QED) is 0.778. The maximum absolute atomic E-state index is 12.1. The molecule has 1 fully saturated rings. The molecular weight excluding hydrogens is 244 g/mol. The van der Waals surface area contributed by atoms with E-state index in [-0.39, 0.29) is 18.4 Å². The van der Waals surface area contributed by atoms with Crippen molar-refractivity contribution in [2.45, 2.75) is 26.7 Å². The van der Waals surface area contributed by atoms with Crippen LogP contribution in [0.25, 0.3) is 0 Å². The van der Waals surface area contributed by atoms with Crippen LogP contribution in [-0.4, -0.2) is 54.8 Å². The standard InChI is InChI=1S/C10H20N2O4S/c1-10(2)5-7-12(8-10)17(15,16)11(3)6-4-9(13)14/h4-8H2,1-3H3,(H,13,14). The van der Waals surface area contributed by atoms with E-state index in [4.69, 9.17) is 5.11 Å². The van der Waals surface area contributed by atoms with Crippen molar-refractivity contribution < 1.29 is 18.3 Å². The Morgan fingerprint density at radius 3 is 2.47 bits per heavy atom. The minimum Gasteiger partial charge on any atom is -0.481 e. The molecule has 0 saturated carbocycles. The van der Waals surface area contributed by atoms with Crippen LogP contribution in [0.1, 0.15) is 26.7 Å². The fourth-order valence-corrected chi connectivity index (χ4v) is 3.38. The van der Waals surface area contributed by atoms with Gasteiger partial charge in [-0.05, 0) is 11.8 Å². The lowest BCUT2D eigenvalue weighted by Crippen LogP contribution is -2.42. The van der Waals surface area contributed by atoms with Crippen molar-refractivity contribution in [3.63, 3.8) is 0 Å². The number of aliphatic carboxylic acids is 1. The molecule has 1 aliphatic heterocycles. The average Bonchev–Trinajstić information content (AvgIpc) is 2.55. The van der Waals surface area contributed by atoms with Gasteiger partial charge in [-0.3, -0.25) is 4.79 Å². The first-order valence-electron chi connectivity index (χ1n) is 5.58. The zero-order chi connectivity index (χ0) is 13.3. The van der Waals surface area contributed by atoms with Crippen LogP contribution in [0.2, 0.25) is 0 Å². The Labute approximate surface area is 102 Å². The normalized spacial score (nSPS) is 20.9. The first-order chi connectivity index (χ1) is 7.65. The van der Waals surface area contributed by atoms with E-state index in [9.17, 15) is 13.2 Å². The molecular formula is C10H20N2O4S. The fraction of sp³-hybridized carbons (Fsp3) is 0.900. The molecule has 1 heterocycles. The van der Waals surface area contributed by atoms with Gasteiger partial charge in [0.15, 0.2) is 0 Å². The molecule has 0 bridgehead atoms. The van der Waals surface area contributed by atoms with Crippen LogP contribution in [0, 0.1) is 5.41 Å². The first kappa shape index (κ1) is 14.4. The average molecular weight is 264 g/mol. The Hall–Kier alpha value is -0.660. The summed E-state index contributed by atoms with van der Waals surface area (Å²) in [6.45, 7) is 5.06. The van der Waals surface area contributed by atoms with Gasteiger partial charge in [0, 0.05) is 26.7 Å². The van der Waals surface area contributed by atoms with Gasteiger partial charge in [-0.2, -0.15) is 17.0 Å². The van der Waals surface area contributed by atoms with Gasteiger partial charge in [0.25, 0.3) is 10.2 Å². The molecule has 0 radical (unpaired) electrons. The molecule has 1 saturated heterocycles. The molecule has 0 aromatic carbocycles. The monoisotopic (exact) mass is 264 g/mol. The highest BCUT2D eigenvalue weighted by atomic mass is 32.2. The summed E-state index contributed by atoms with van der Waals surface area (Å²) in [5.74, 6) is -0.992. The summed E-state index contributed by atoms with van der Waals surface area (Å²) in [6, 6.07) is 0. The van der Waals surface area contributed by atoms with E-state index in [1.807, 2.05) is 13.8 Å². The van der Waals surface area contributed by atoms with Crippen LogP contribution in [0.3, 0.4) is 0 Å². The van der Waals surface area contributed by atoms with Crippen molar-refractivity contribution in [3.05, 3.63) is 0 Å². The number of carboxylic acid groups (broad SMARTS) is 1. The smallest absolute Gasteiger partial charge is 0.304 e. The van der Waals surface area contributed by atoms with Crippen LogP contribution in [0.15, 0.2) is 0 Å². The predicted molar refractivity (Wildman–Crippen MR) is 63.8 cm³/mol. The second-order valence-electron chi connectivity index (χ2n) is 5.22. The Morgan fingerprint density at radius 2 is 2.06 bits per heavy atom. The van der Waals surface area contributed by atoms with Gasteiger partial charge in [0.05, 0.1) is 6.42 Å². The Kier molecular flexibility index (Phi) is 4.16. The molecule has 0 aromatic rings. The molecule has 1 rings (SSSR count). The summed E-state index contributed by atoms with van der Waals surface area (Å²) >= 11 is 0. The van der Waals surface area contributed by atoms with Gasteiger partial charge >= 0.3 is 5.97 Å². The Morgan fingerprint density at radius 1 is 1.47 bits per heavy atom. The van der Waals surface area contributed by atoms with Gasteiger partial charge in [-0.15, -0.1) is 0 Å². The number of hydrogen-bond acceptors (Lipinski definition) is 3. The highest BCUT2D eigenvalue weighted by Gasteiger charge is 2.37. The molecule has 17 heavy (non-hydrogen) atoms. The van der Waals surface area contributed by atoms with Crippen molar-refractivity contribution in [1.82, 2.24) is 8.61 Å². The second-order valence-corrected chi connectivity index (χ2v) is 7.26. The highest BCUT2D eigenvalue weighted by Crippen LogP contribution is 2.31. The lowest BCUT2D eigenvalue weighted by Gasteiger charge is -2.24. The van der Waals surface area contributed by atoms with E-state index >= 15 is 0 Å². The third kappa shape index (κ3) is 3.65. The third-order valence-electron chi connectivity index (χ3n) is 3.00. The molecule has 0 unspecified atom stereocenters. The molecule has 0 atom stereocenters. The van der Waals surface area contributed by atoms with E-state index in [0.717, 1.165) is 10.7 Å². The number of nitrogens with zero attached hydrogens (tertiary/aromatic N) is 2. The van der Waals surface area contributed by atoms with Gasteiger partial charge < -0.3 is 5.11 Å². The SMILES string of the molecule is CN(CCC(=O)O)S(=O)(=O)N1CCC(C)(C)C1. The largest absolute Gasteiger partial charge is 0.481 e. The Bertz CT molecular complexity index is 391. The maximum atomic E-state index is 12.1. The van der Waals surface area contributed by atoms with Crippen LogP contribution in [-0.2, 0) is 15.0 Å². The van der Waals surface area contributed by atoms with Crippen molar-refractivity contribution in [1.29, 1.82) is 0 Å². The van der Waals surface area contributed by atoms with Crippen molar-refractivity contribution >= 4 is 16.2 Å². The van der Waals surface area contributed by atoms with Crippen LogP contribution >= 0.6 is 0 Å². The van der Waals surface area contributed by atoms with E-state index < -0.39 is 16.2 Å². The van der Waals surface area contributed by atoms with Crippen molar-refractivity contribution in [2.75, 3.05) is 26.7 Å². The molecule has 0 aromatic heterocycles. The lowest BCUT2D eigenvalue weighted by atomic mass is 9.93. The number of rotatable bonds is 5. The summed E-state index contributed by atoms with van der Waals surface area (Å²) in [7, 11) is -2.08. The molecule has 1 N–H and O–H groups in total. The molecule has 0 amide bonds. The van der Waals surface area contributed by atoms with E-state index in [1.54, 1.807) is 0 Å². The van der Waals surface area contributed by atoms with E-state index in [2.05, 4.69) is 0 Å². The van der Waals surface area contributed by atoms with E-state index in [0.29, 0.717) is 13.1 Å². The highest BCUT2D eigenvalue weighted by molar-refractivity contribution is 7.86. The second kappa shape index (κ2) is 4.91. The van der Waals surface area contributed by atoms with E-state index in [1.165, 1.54) is 11.4 Å². The zero-order valence-corrected chi connectivity index (χ0v) is 11.3. The maximum Gasteiger partial charge on any atom is 0.304 e. The fourth-order valence-electron chi connectivity index (χ4n) is 1.83. The van der Waals surface area contributed by atoms with Crippen LogP contribution in [0.5, 0.6) is 0 Å². The lowest BCUT2D eigenvalue weighted by molar-refractivity contribution is -0.137. The first-order valence-corrected chi connectivity index (χ1v) is 6.98. The van der Waals surface area contributed by atoms with Crippen LogP contribution in [0.4, 0.5) is 0 Å². The molecule has 0 spiro atoms. The molecule has 7 heteroatoms. The summed E-state index contributed by atoms with van der Waals surface area (Å²) in [4.78, 5) is 10.4. The van der Waals surface area contributed by atoms with Crippen molar-refractivity contribution in [3.8, 4) is 0 Å². The molecule has 100 valence electrons. The summed E-state index contributed by atoms with van der Waals surface area (Å²) in [5.41, 5.74) is 0.000702. The predicted octanol–water partition coefficient (Wildman–Crippen LogP) is 0.370. The summed E-state index contributed by atoms with van der Waals surface area (Å²) in [6.07, 6.45) is 0.659. The molecule has 6 nitrogen and oxygen atoms in total. The van der Waals surface area contributed by atoms with Gasteiger partial charge in [0.1, 0.15) is 0 Å². The minimum atomic E-state index is -3.50. The topological polar surface area (TPSA) is 77.9 Å². The number of hydrogen-bond donors (Lipinski definition) is 1. The zero-order valence-electron chi connectivity index (χ0n) is 10.5. The Balaban J connectivity index is 2.65. The third-order valence-corrected chi connectivity index (χ3v) is 4.94. The number of carboxylic acids is 1. The summed E-state index contributed by atoms with van der Waals surface area (Å²) < 4.78 is 26.7. The molecule has 1 aliphatic rings. The van der Waals surface area contributed by atoms with Gasteiger partial charge in [-0.25, -0.2) is 0 Å². The van der Waals surface area contributed by atoms with Gasteiger partial charge in [0.2, 0.25) is 0 Å².